The lowest BCUT2D eigenvalue weighted by Gasteiger charge is -2.63. The topological polar surface area (TPSA) is 428 Å². The molecule has 8 aliphatic rings. The molecule has 0 heterocycles. The number of Topliss-reactive ketones (excluding diaryl/α,β-unsaturated/α-hetero) is 1. The smallest absolute Gasteiger partial charge is 0.326 e. The van der Waals surface area contributed by atoms with Crippen LogP contribution in [0.2, 0.25) is 0 Å². The molecule has 0 bridgehead atoms. The number of likely N-dealkylation sites (N-methyl/N-ethyl adjacent to an activating group) is 1. The van der Waals surface area contributed by atoms with Gasteiger partial charge in [0.15, 0.2) is 18.1 Å². The number of carbonyl (C=O) groups excluding carboxylic acids is 10. The van der Waals surface area contributed by atoms with E-state index in [4.69, 9.17) is 10.5 Å². The number of carbonyl (C=O) groups is 11. The molecule has 0 aromatic carbocycles. The van der Waals surface area contributed by atoms with Gasteiger partial charge in [0, 0.05) is 61.9 Å². The SMILES string of the molecule is C[C@H](CCC(=O)N[C@@H](CCC(=O)N[C@@H](CCCCNC(=O)[C@H](CCCCNC(=O)CCC(=O)OCC(=O)[C@@]1(O)[C@H](C)C[C@H]2[C@@H]3CCC4=CC(=O)C=C[C@]4(C)[C@@]3(F)[C@@H](O)C[C@@]21C)NC(=O)CCC[N+](C)(C)CC(=O)[O-])C(N)=O)C(=O)O)[C@H]1CC[C@H]2C3[C@H](O)C[C@@H]4C[C@H](O)CC[C@]4(C)[C@H]3C[C@H](O)[C@]12C. The molecule has 7 saturated carbocycles. The Morgan fingerprint density at radius 2 is 1.35 bits per heavy atom. The monoisotopic (exact) mass is 1440 g/mol. The Morgan fingerprint density at radius 3 is 2.02 bits per heavy atom. The third-order valence-corrected chi connectivity index (χ3v) is 26.7. The lowest BCUT2D eigenvalue weighted by molar-refractivity contribution is -0.884. The van der Waals surface area contributed by atoms with E-state index < -0.39 is 154 Å². The minimum absolute atomic E-state index is 0.00874. The van der Waals surface area contributed by atoms with Crippen LogP contribution in [-0.2, 0) is 57.5 Å². The maximum absolute atomic E-state index is 17.6. The molecule has 6 amide bonds. The molecular weight excluding hydrogens is 1320 g/mol. The number of aliphatic hydroxyl groups is 5. The summed E-state index contributed by atoms with van der Waals surface area (Å²) in [5, 5.41) is 92.8. The predicted octanol–water partition coefficient (Wildman–Crippen LogP) is 2.59. The van der Waals surface area contributed by atoms with Crippen LogP contribution in [0.4, 0.5) is 4.39 Å². The summed E-state index contributed by atoms with van der Waals surface area (Å²) >= 11 is 0. The van der Waals surface area contributed by atoms with Crippen LogP contribution in [0.3, 0.4) is 0 Å². The van der Waals surface area contributed by atoms with Crippen LogP contribution in [0, 0.1) is 74.9 Å². The number of allylic oxidation sites excluding steroid dienone is 4. The number of quaternary nitrogens is 1. The van der Waals surface area contributed by atoms with Gasteiger partial charge >= 0.3 is 11.9 Å². The molecule has 0 spiro atoms. The third-order valence-electron chi connectivity index (χ3n) is 26.7. The Balaban J connectivity index is 0.736. The summed E-state index contributed by atoms with van der Waals surface area (Å²) in [7, 11) is 3.36. The van der Waals surface area contributed by atoms with Gasteiger partial charge in [0.1, 0.15) is 30.3 Å². The number of hydrogen-bond donors (Lipinski definition) is 12. The quantitative estimate of drug-likeness (QED) is 0.0246. The summed E-state index contributed by atoms with van der Waals surface area (Å²) in [6.07, 6.45) is 7.85. The second-order valence-electron chi connectivity index (χ2n) is 33.4. The molecule has 8 aliphatic carbocycles. The number of rotatable bonds is 35. The maximum atomic E-state index is 17.6. The second kappa shape index (κ2) is 33.0. The molecule has 0 radical (unpaired) electrons. The van der Waals surface area contributed by atoms with Crippen LogP contribution >= 0.6 is 0 Å². The number of alkyl halides is 1. The number of hydrogen-bond acceptors (Lipinski definition) is 18. The number of amides is 6. The molecule has 26 nitrogen and oxygen atoms in total. The molecule has 0 aliphatic heterocycles. The minimum atomic E-state index is -2.17. The number of fused-ring (bicyclic) bond motifs is 10. The number of carboxylic acid groups (broad SMARTS) is 2. The summed E-state index contributed by atoms with van der Waals surface area (Å²) in [6.45, 7) is 10.9. The van der Waals surface area contributed by atoms with Crippen molar-refractivity contribution in [2.45, 2.75) is 256 Å². The van der Waals surface area contributed by atoms with E-state index in [9.17, 15) is 88.5 Å². The van der Waals surface area contributed by atoms with Crippen molar-refractivity contribution >= 4 is 64.9 Å². The van der Waals surface area contributed by atoms with Gasteiger partial charge in [-0.25, -0.2) is 9.18 Å². The highest BCUT2D eigenvalue weighted by Gasteiger charge is 2.76. The first-order valence-corrected chi connectivity index (χ1v) is 37.5. The van der Waals surface area contributed by atoms with Crippen LogP contribution in [0.5, 0.6) is 0 Å². The molecule has 8 rings (SSSR count). The number of halogens is 1. The molecule has 22 atom stereocenters. The fraction of sp³-hybridized carbons (Fsp3) is 0.800. The van der Waals surface area contributed by atoms with E-state index in [0.717, 1.165) is 25.7 Å². The average Bonchev–Trinajstić information content (AvgIpc) is 1.39. The Kier molecular flexibility index (Phi) is 26.4. The van der Waals surface area contributed by atoms with Gasteiger partial charge in [-0.2, -0.15) is 0 Å². The van der Waals surface area contributed by atoms with E-state index in [1.807, 2.05) is 0 Å². The van der Waals surface area contributed by atoms with Crippen molar-refractivity contribution in [1.82, 2.24) is 26.6 Å². The fourth-order valence-corrected chi connectivity index (χ4v) is 21.0. The fourth-order valence-electron chi connectivity index (χ4n) is 21.0. The van der Waals surface area contributed by atoms with Crippen LogP contribution in [0.25, 0.3) is 0 Å². The average molecular weight is 1440 g/mol. The van der Waals surface area contributed by atoms with Gasteiger partial charge in [0.2, 0.25) is 41.2 Å². The molecule has 7 fully saturated rings. The molecule has 0 saturated heterocycles. The number of esters is 1. The number of aliphatic hydroxyl groups excluding tert-OH is 4. The summed E-state index contributed by atoms with van der Waals surface area (Å²) in [4.78, 5) is 142. The molecule has 102 heavy (non-hydrogen) atoms. The lowest BCUT2D eigenvalue weighted by atomic mass is 9.43. The first kappa shape index (κ1) is 81.4. The van der Waals surface area contributed by atoms with E-state index >= 15 is 4.39 Å². The van der Waals surface area contributed by atoms with Gasteiger partial charge in [-0.05, 0) is 199 Å². The number of unbranched alkanes of at least 4 members (excludes halogenated alkanes) is 2. The third kappa shape index (κ3) is 17.2. The van der Waals surface area contributed by atoms with Gasteiger partial charge in [-0.15, -0.1) is 0 Å². The van der Waals surface area contributed by atoms with Crippen molar-refractivity contribution in [1.29, 1.82) is 0 Å². The van der Waals surface area contributed by atoms with Gasteiger partial charge in [-0.3, -0.25) is 43.2 Å². The van der Waals surface area contributed by atoms with Crippen LogP contribution in [0.15, 0.2) is 23.8 Å². The molecule has 572 valence electrons. The number of aliphatic carboxylic acids is 2. The van der Waals surface area contributed by atoms with Gasteiger partial charge in [0.25, 0.3) is 0 Å². The Morgan fingerprint density at radius 1 is 0.716 bits per heavy atom. The predicted molar refractivity (Wildman–Crippen MR) is 367 cm³/mol. The van der Waals surface area contributed by atoms with Gasteiger partial charge in [0.05, 0.1) is 57.4 Å². The number of primary amides is 1. The zero-order chi connectivity index (χ0) is 75.2. The maximum Gasteiger partial charge on any atom is 0.326 e. The number of nitrogens with two attached hydrogens (primary N) is 1. The van der Waals surface area contributed by atoms with Crippen LogP contribution < -0.4 is 37.4 Å². The van der Waals surface area contributed by atoms with E-state index in [2.05, 4.69) is 47.4 Å². The Bertz CT molecular complexity index is 3200. The zero-order valence-electron chi connectivity index (χ0n) is 61.1. The van der Waals surface area contributed by atoms with E-state index in [0.29, 0.717) is 76.3 Å². The van der Waals surface area contributed by atoms with Gasteiger partial charge in [-0.1, -0.05) is 46.3 Å². The van der Waals surface area contributed by atoms with E-state index in [-0.39, 0.29) is 141 Å². The normalized spacial score (nSPS) is 35.5. The number of ether oxygens (including phenoxy) is 1. The molecular formula is C75H116FN7O19. The Labute approximate surface area is 598 Å². The molecule has 0 aromatic rings. The number of carboxylic acids is 2. The van der Waals surface area contributed by atoms with Crippen molar-refractivity contribution in [2.75, 3.05) is 46.9 Å². The first-order valence-electron chi connectivity index (χ1n) is 37.5. The zero-order valence-corrected chi connectivity index (χ0v) is 61.1. The van der Waals surface area contributed by atoms with Crippen molar-refractivity contribution in [3.63, 3.8) is 0 Å². The van der Waals surface area contributed by atoms with Gasteiger partial charge < -0.3 is 82.1 Å². The van der Waals surface area contributed by atoms with Crippen molar-refractivity contribution < 1.29 is 102 Å². The Hall–Kier alpha value is -6.26. The summed E-state index contributed by atoms with van der Waals surface area (Å²) < 4.78 is 23.0. The molecule has 13 N–H and O–H groups in total. The van der Waals surface area contributed by atoms with Crippen LogP contribution in [-0.4, -0.2) is 201 Å². The standard InChI is InChI=1S/C75H116FN7O19/c1-42(48-20-21-50-66-52(38-57(87)73(48,50)6)70(3)29-27-46(84)36-45(70)37-56(66)86)17-23-62(92)82-55(69(99)100)22-24-63(93)80-53(67(77)97)14-9-12-32-79-68(98)54(81-61(91)16-13-33-83(7,8)40-64(94)95)15-10-11-31-78-60(90)25-26-65(96)102-41-59(89)75(101)43(2)34-51-49-19-18-44-35-47(85)28-30-71(44,4)74(49,76)58(88)39-72(51,75)5/h28,30,35,42-43,45-46,48-58,66,84,86-88,101H,9-27,29,31-34,36-41H2,1-8H3,(H8-,77,78,79,80,81,82,90,91,92,93,94,95,97,98,99,100)/t42-,43-,45+,46-,48-,49+,50+,51+,52+,53+,54+,55+,56-,57+,58+,66?,70+,71+,72+,73-,74+,75+/m1/s1. The highest BCUT2D eigenvalue weighted by Crippen LogP contribution is 2.72. The van der Waals surface area contributed by atoms with Crippen molar-refractivity contribution in [3.8, 4) is 0 Å². The van der Waals surface area contributed by atoms with Crippen molar-refractivity contribution in [2.24, 2.45) is 80.7 Å². The van der Waals surface area contributed by atoms with E-state index in [1.54, 1.807) is 34.9 Å². The van der Waals surface area contributed by atoms with E-state index in [1.165, 1.54) is 18.2 Å². The molecule has 0 aromatic heterocycles. The summed E-state index contributed by atoms with van der Waals surface area (Å²) in [5.41, 5.74) is -1.08. The summed E-state index contributed by atoms with van der Waals surface area (Å²) in [5.74, 6) is -9.50. The second-order valence-corrected chi connectivity index (χ2v) is 33.4. The largest absolute Gasteiger partial charge is 0.544 e. The first-order chi connectivity index (χ1) is 47.8. The number of nitrogens with zero attached hydrogens (tertiary/aromatic N) is 1. The highest BCUT2D eigenvalue weighted by atomic mass is 19.1. The lowest BCUT2D eigenvalue weighted by Crippen LogP contribution is -2.69. The minimum Gasteiger partial charge on any atom is -0.544 e. The van der Waals surface area contributed by atoms with Crippen molar-refractivity contribution in [3.05, 3.63) is 23.8 Å². The number of nitrogens with one attached hydrogen (secondary N) is 5. The summed E-state index contributed by atoms with van der Waals surface area (Å²) in [6, 6.07) is -3.60. The molecule has 1 unspecified atom stereocenters. The van der Waals surface area contributed by atoms with Crippen LogP contribution in [0.1, 0.15) is 202 Å². The highest BCUT2D eigenvalue weighted by molar-refractivity contribution is 6.01. The number of ketones is 2. The molecule has 27 heteroatoms.